The average molecular weight is 518 g/mol. The largest absolute Gasteiger partial charge is 0.486 e. The number of hydrogen-bond donors (Lipinski definition) is 1. The van der Waals surface area contributed by atoms with Crippen LogP contribution in [-0.2, 0) is 19.8 Å². The predicted molar refractivity (Wildman–Crippen MR) is 151 cm³/mol. The quantitative estimate of drug-likeness (QED) is 0.231. The number of aryl methyl sites for hydroxylation is 1. The number of Topliss-reactive ketones (excluding diaryl/α,β-unsaturated/α-hetero) is 2. The van der Waals surface area contributed by atoms with E-state index in [1.54, 1.807) is 6.07 Å². The number of rotatable bonds is 11. The van der Waals surface area contributed by atoms with Crippen molar-refractivity contribution in [2.75, 3.05) is 13.2 Å². The summed E-state index contributed by atoms with van der Waals surface area (Å²) in [7, 11) is 0. The monoisotopic (exact) mass is 517 g/mol. The molecule has 3 aromatic carbocycles. The van der Waals surface area contributed by atoms with Crippen molar-refractivity contribution in [1.29, 1.82) is 0 Å². The molecule has 0 aliphatic carbocycles. The van der Waals surface area contributed by atoms with Crippen LogP contribution in [-0.4, -0.2) is 30.7 Å². The molecule has 6 nitrogen and oxygen atoms in total. The molecule has 3 aromatic rings. The first-order chi connectivity index (χ1) is 17.9. The summed E-state index contributed by atoms with van der Waals surface area (Å²) in [5, 5.41) is 2.02. The van der Waals surface area contributed by atoms with E-state index in [0.29, 0.717) is 5.56 Å². The van der Waals surface area contributed by atoms with Crippen molar-refractivity contribution in [3.05, 3.63) is 76.9 Å². The van der Waals surface area contributed by atoms with Crippen LogP contribution in [0.5, 0.6) is 5.75 Å². The van der Waals surface area contributed by atoms with Crippen molar-refractivity contribution in [2.45, 2.75) is 66.7 Å². The fourth-order valence-corrected chi connectivity index (χ4v) is 4.72. The van der Waals surface area contributed by atoms with E-state index in [4.69, 9.17) is 4.74 Å². The summed E-state index contributed by atoms with van der Waals surface area (Å²) in [5.41, 5.74) is 5.74. The van der Waals surface area contributed by atoms with E-state index in [0.717, 1.165) is 34.9 Å². The fraction of sp³-hybridized carbons (Fsp3) is 0.406. The van der Waals surface area contributed by atoms with E-state index in [1.807, 2.05) is 45.9 Å². The van der Waals surface area contributed by atoms with Crippen molar-refractivity contribution in [3.8, 4) is 5.75 Å². The van der Waals surface area contributed by atoms with Gasteiger partial charge in [0.1, 0.15) is 12.4 Å². The standard InChI is InChI=1S/C32H39NO5/c1-8-32(9-2,26-14-15-29(21(3)16-26)37-20-30(36)31(5,6)7)27-13-12-23-17-25(11-10-24(23)18-27)28(35)19-33-38-22(4)34/h10-18,33H,8-9,19-20H2,1-7H3. The highest BCUT2D eigenvalue weighted by Crippen LogP contribution is 2.41. The zero-order valence-electron chi connectivity index (χ0n) is 23.6. The molecule has 0 aliphatic heterocycles. The molecule has 1 N–H and O–H groups in total. The van der Waals surface area contributed by atoms with Crippen LogP contribution < -0.4 is 10.2 Å². The van der Waals surface area contributed by atoms with E-state index in [-0.39, 0.29) is 30.1 Å². The van der Waals surface area contributed by atoms with Gasteiger partial charge in [0.25, 0.3) is 0 Å². The van der Waals surface area contributed by atoms with Gasteiger partial charge in [-0.15, -0.1) is 5.48 Å². The molecule has 0 fully saturated rings. The molecule has 38 heavy (non-hydrogen) atoms. The molecule has 0 saturated carbocycles. The van der Waals surface area contributed by atoms with E-state index >= 15 is 0 Å². The van der Waals surface area contributed by atoms with E-state index in [1.165, 1.54) is 18.1 Å². The molecule has 0 aliphatic rings. The predicted octanol–water partition coefficient (Wildman–Crippen LogP) is 6.50. The van der Waals surface area contributed by atoms with Gasteiger partial charge < -0.3 is 9.57 Å². The van der Waals surface area contributed by atoms with Crippen LogP contribution in [0.25, 0.3) is 10.8 Å². The first kappa shape index (κ1) is 29.1. The van der Waals surface area contributed by atoms with E-state index in [2.05, 4.69) is 54.5 Å². The van der Waals surface area contributed by atoms with Crippen LogP contribution >= 0.6 is 0 Å². The number of hydrogen-bond acceptors (Lipinski definition) is 6. The average Bonchev–Trinajstić information content (AvgIpc) is 2.87. The number of carbonyl (C=O) groups excluding carboxylic acids is 3. The summed E-state index contributed by atoms with van der Waals surface area (Å²) in [6.07, 6.45) is 1.82. The van der Waals surface area contributed by atoms with Crippen molar-refractivity contribution in [3.63, 3.8) is 0 Å². The second kappa shape index (κ2) is 11.9. The summed E-state index contributed by atoms with van der Waals surface area (Å²) in [4.78, 5) is 40.4. The van der Waals surface area contributed by atoms with Crippen LogP contribution in [0.4, 0.5) is 0 Å². The van der Waals surface area contributed by atoms with E-state index < -0.39 is 11.4 Å². The number of ketones is 2. The Morgan fingerprint density at radius 2 is 1.45 bits per heavy atom. The molecule has 0 atom stereocenters. The molecule has 0 radical (unpaired) electrons. The SMILES string of the molecule is CCC(CC)(c1ccc(OCC(=O)C(C)(C)C)c(C)c1)c1ccc2cc(C(=O)CNOC(C)=O)ccc2c1. The molecule has 0 bridgehead atoms. The third kappa shape index (κ3) is 6.48. The summed E-state index contributed by atoms with van der Waals surface area (Å²) in [5.74, 6) is 0.147. The minimum absolute atomic E-state index is 0.0609. The summed E-state index contributed by atoms with van der Waals surface area (Å²) >= 11 is 0. The molecule has 0 heterocycles. The van der Waals surface area contributed by atoms with Gasteiger partial charge in [-0.3, -0.25) is 14.4 Å². The lowest BCUT2D eigenvalue weighted by atomic mass is 9.70. The van der Waals surface area contributed by atoms with Crippen molar-refractivity contribution in [1.82, 2.24) is 5.48 Å². The molecule has 3 rings (SSSR count). The molecule has 6 heteroatoms. The smallest absolute Gasteiger partial charge is 0.321 e. The highest BCUT2D eigenvalue weighted by atomic mass is 16.7. The Hall–Kier alpha value is -3.51. The number of benzene rings is 3. The minimum Gasteiger partial charge on any atom is -0.486 e. The van der Waals surface area contributed by atoms with Crippen molar-refractivity contribution >= 4 is 28.3 Å². The number of nitrogens with one attached hydrogen (secondary N) is 1. The molecule has 0 aromatic heterocycles. The normalized spacial score (nSPS) is 11.9. The van der Waals surface area contributed by atoms with Crippen molar-refractivity contribution in [2.24, 2.45) is 5.41 Å². The van der Waals surface area contributed by atoms with Gasteiger partial charge in [-0.2, -0.15) is 0 Å². The third-order valence-electron chi connectivity index (χ3n) is 7.29. The van der Waals surface area contributed by atoms with Gasteiger partial charge in [-0.25, -0.2) is 0 Å². The second-order valence-corrected chi connectivity index (χ2v) is 10.8. The molecular weight excluding hydrogens is 478 g/mol. The zero-order valence-corrected chi connectivity index (χ0v) is 23.6. The first-order valence-electron chi connectivity index (χ1n) is 13.2. The minimum atomic E-state index is -0.493. The number of fused-ring (bicyclic) bond motifs is 1. The van der Waals surface area contributed by atoms with Gasteiger partial charge in [0.2, 0.25) is 0 Å². The molecule has 202 valence electrons. The lowest BCUT2D eigenvalue weighted by molar-refractivity contribution is -0.147. The zero-order chi connectivity index (χ0) is 28.1. The lowest BCUT2D eigenvalue weighted by Crippen LogP contribution is -2.27. The topological polar surface area (TPSA) is 81.7 Å². The highest BCUT2D eigenvalue weighted by Gasteiger charge is 2.31. The Bertz CT molecular complexity index is 1330. The van der Waals surface area contributed by atoms with Gasteiger partial charge in [-0.05, 0) is 59.4 Å². The second-order valence-electron chi connectivity index (χ2n) is 10.8. The molecule has 0 spiro atoms. The van der Waals surface area contributed by atoms with Crippen LogP contribution in [0.15, 0.2) is 54.6 Å². The van der Waals surface area contributed by atoms with Crippen LogP contribution in [0.2, 0.25) is 0 Å². The summed E-state index contributed by atoms with van der Waals surface area (Å²) in [6.45, 7) is 13.4. The molecule has 0 unspecified atom stereocenters. The maximum Gasteiger partial charge on any atom is 0.321 e. The van der Waals surface area contributed by atoms with Gasteiger partial charge >= 0.3 is 5.97 Å². The maximum atomic E-state index is 12.5. The van der Waals surface area contributed by atoms with Crippen LogP contribution in [0.1, 0.15) is 81.4 Å². The molecule has 0 saturated heterocycles. The maximum absolute atomic E-state index is 12.5. The summed E-state index contributed by atoms with van der Waals surface area (Å²) < 4.78 is 5.88. The Labute approximate surface area is 225 Å². The third-order valence-corrected chi connectivity index (χ3v) is 7.29. The highest BCUT2D eigenvalue weighted by molar-refractivity contribution is 6.01. The Kier molecular flexibility index (Phi) is 9.10. The number of ether oxygens (including phenoxy) is 1. The van der Waals surface area contributed by atoms with Crippen LogP contribution in [0.3, 0.4) is 0 Å². The Balaban J connectivity index is 1.88. The van der Waals surface area contributed by atoms with Crippen molar-refractivity contribution < 1.29 is 24.0 Å². The molecular formula is C32H39NO5. The van der Waals surface area contributed by atoms with Crippen LogP contribution in [0, 0.1) is 12.3 Å². The Morgan fingerprint density at radius 1 is 0.842 bits per heavy atom. The van der Waals surface area contributed by atoms with Gasteiger partial charge in [0.05, 0.1) is 6.54 Å². The number of carbonyl (C=O) groups is 3. The number of hydroxylamine groups is 1. The first-order valence-corrected chi connectivity index (χ1v) is 13.2. The van der Waals surface area contributed by atoms with Gasteiger partial charge in [-0.1, -0.05) is 77.1 Å². The Morgan fingerprint density at radius 3 is 2.05 bits per heavy atom. The van der Waals surface area contributed by atoms with Gasteiger partial charge in [0.15, 0.2) is 11.6 Å². The lowest BCUT2D eigenvalue weighted by Gasteiger charge is -2.34. The van der Waals surface area contributed by atoms with E-state index in [9.17, 15) is 14.4 Å². The van der Waals surface area contributed by atoms with Gasteiger partial charge in [0, 0.05) is 23.3 Å². The molecule has 0 amide bonds. The summed E-state index contributed by atoms with van der Waals surface area (Å²) in [6, 6.07) is 18.3. The fourth-order valence-electron chi connectivity index (χ4n) is 4.72.